The third-order valence-corrected chi connectivity index (χ3v) is 3.96. The number of aliphatic carboxylic acids is 1. The molecule has 0 heterocycles. The van der Waals surface area contributed by atoms with Crippen LogP contribution in [0, 0.1) is 3.57 Å². The number of nitrogens with one attached hydrogen (secondary N) is 1. The lowest BCUT2D eigenvalue weighted by Crippen LogP contribution is -2.27. The summed E-state index contributed by atoms with van der Waals surface area (Å²) in [7, 11) is 1.55. The van der Waals surface area contributed by atoms with Gasteiger partial charge in [0.15, 0.2) is 0 Å². The van der Waals surface area contributed by atoms with Crippen LogP contribution in [0.4, 0.5) is 0 Å². The SMILES string of the molecule is COc1ccc(/C=C(/NC(=O)c2ccccc2I)C(=O)O)cc1. The lowest BCUT2D eigenvalue weighted by atomic mass is 10.1. The highest BCUT2D eigenvalue weighted by Crippen LogP contribution is 2.15. The molecule has 0 atom stereocenters. The number of rotatable bonds is 5. The average molecular weight is 423 g/mol. The minimum Gasteiger partial charge on any atom is -0.497 e. The van der Waals surface area contributed by atoms with E-state index in [2.05, 4.69) is 5.32 Å². The second-order valence-electron chi connectivity index (χ2n) is 4.57. The Morgan fingerprint density at radius 1 is 1.13 bits per heavy atom. The molecule has 6 heteroatoms. The molecule has 2 aromatic rings. The molecule has 0 aromatic heterocycles. The van der Waals surface area contributed by atoms with Crippen molar-refractivity contribution in [2.75, 3.05) is 7.11 Å². The van der Waals surface area contributed by atoms with Gasteiger partial charge in [0, 0.05) is 3.57 Å². The van der Waals surface area contributed by atoms with Crippen molar-refractivity contribution in [1.82, 2.24) is 5.32 Å². The fraction of sp³-hybridized carbons (Fsp3) is 0.0588. The van der Waals surface area contributed by atoms with Crippen molar-refractivity contribution in [3.8, 4) is 5.75 Å². The summed E-state index contributed by atoms with van der Waals surface area (Å²) in [5.41, 5.74) is 0.876. The zero-order chi connectivity index (χ0) is 16.8. The first-order valence-corrected chi connectivity index (χ1v) is 7.74. The van der Waals surface area contributed by atoms with E-state index in [1.54, 1.807) is 49.6 Å². The van der Waals surface area contributed by atoms with Crippen LogP contribution < -0.4 is 10.1 Å². The molecule has 0 radical (unpaired) electrons. The predicted octanol–water partition coefficient (Wildman–Crippen LogP) is 3.16. The van der Waals surface area contributed by atoms with Crippen LogP contribution in [-0.4, -0.2) is 24.1 Å². The first kappa shape index (κ1) is 17.0. The molecule has 0 aliphatic heterocycles. The molecule has 2 aromatic carbocycles. The molecule has 0 spiro atoms. The molecule has 2 rings (SSSR count). The van der Waals surface area contributed by atoms with Crippen molar-refractivity contribution >= 4 is 40.5 Å². The smallest absolute Gasteiger partial charge is 0.352 e. The maximum Gasteiger partial charge on any atom is 0.352 e. The molecular formula is C17H14INO4. The van der Waals surface area contributed by atoms with Gasteiger partial charge in [-0.3, -0.25) is 4.79 Å². The van der Waals surface area contributed by atoms with Gasteiger partial charge in [-0.05, 0) is 58.5 Å². The van der Waals surface area contributed by atoms with E-state index in [-0.39, 0.29) is 5.70 Å². The van der Waals surface area contributed by atoms with Crippen LogP contribution in [-0.2, 0) is 4.79 Å². The van der Waals surface area contributed by atoms with Crippen LogP contribution in [0.15, 0.2) is 54.2 Å². The molecule has 2 N–H and O–H groups in total. The molecule has 23 heavy (non-hydrogen) atoms. The summed E-state index contributed by atoms with van der Waals surface area (Å²) in [6.07, 6.45) is 1.40. The molecule has 0 unspecified atom stereocenters. The number of carboxylic acids is 1. The summed E-state index contributed by atoms with van der Waals surface area (Å²) >= 11 is 2.03. The number of carboxylic acid groups (broad SMARTS) is 1. The van der Waals surface area contributed by atoms with E-state index in [0.717, 1.165) is 3.57 Å². The fourth-order valence-electron chi connectivity index (χ4n) is 1.85. The lowest BCUT2D eigenvalue weighted by molar-refractivity contribution is -0.132. The number of carbonyl (C=O) groups excluding carboxylic acids is 1. The highest BCUT2D eigenvalue weighted by Gasteiger charge is 2.15. The number of hydrogen-bond acceptors (Lipinski definition) is 3. The molecule has 0 saturated carbocycles. The molecule has 0 aliphatic carbocycles. The molecule has 5 nitrogen and oxygen atoms in total. The first-order chi connectivity index (χ1) is 11.0. The summed E-state index contributed by atoms with van der Waals surface area (Å²) in [5.74, 6) is -1.00. The quantitative estimate of drug-likeness (QED) is 0.573. The second kappa shape index (κ2) is 7.77. The van der Waals surface area contributed by atoms with Crippen LogP contribution in [0.3, 0.4) is 0 Å². The van der Waals surface area contributed by atoms with Crippen molar-refractivity contribution in [2.24, 2.45) is 0 Å². The Hall–Kier alpha value is -2.35. The van der Waals surface area contributed by atoms with E-state index in [4.69, 9.17) is 4.74 Å². The third kappa shape index (κ3) is 4.56. The van der Waals surface area contributed by atoms with Crippen LogP contribution in [0.2, 0.25) is 0 Å². The van der Waals surface area contributed by atoms with Crippen LogP contribution in [0.25, 0.3) is 6.08 Å². The minimum absolute atomic E-state index is 0.195. The molecule has 0 saturated heterocycles. The van der Waals surface area contributed by atoms with E-state index < -0.39 is 11.9 Å². The van der Waals surface area contributed by atoms with Crippen molar-refractivity contribution in [2.45, 2.75) is 0 Å². The van der Waals surface area contributed by atoms with Crippen molar-refractivity contribution < 1.29 is 19.4 Å². The van der Waals surface area contributed by atoms with Gasteiger partial charge >= 0.3 is 5.97 Å². The number of amides is 1. The maximum absolute atomic E-state index is 12.2. The highest BCUT2D eigenvalue weighted by molar-refractivity contribution is 14.1. The van der Waals surface area contributed by atoms with E-state index >= 15 is 0 Å². The normalized spacial score (nSPS) is 11.0. The van der Waals surface area contributed by atoms with Crippen molar-refractivity contribution in [3.05, 3.63) is 68.9 Å². The van der Waals surface area contributed by atoms with Crippen LogP contribution >= 0.6 is 22.6 Å². The molecule has 118 valence electrons. The summed E-state index contributed by atoms with van der Waals surface area (Å²) in [5, 5.41) is 11.7. The number of carbonyl (C=O) groups is 2. The van der Waals surface area contributed by atoms with Crippen molar-refractivity contribution in [3.63, 3.8) is 0 Å². The van der Waals surface area contributed by atoms with Gasteiger partial charge in [-0.2, -0.15) is 0 Å². The van der Waals surface area contributed by atoms with Gasteiger partial charge < -0.3 is 15.2 Å². The van der Waals surface area contributed by atoms with Gasteiger partial charge in [0.1, 0.15) is 11.4 Å². The third-order valence-electron chi connectivity index (χ3n) is 3.02. The van der Waals surface area contributed by atoms with Crippen LogP contribution in [0.5, 0.6) is 5.75 Å². The van der Waals surface area contributed by atoms with E-state index in [1.807, 2.05) is 28.7 Å². The van der Waals surface area contributed by atoms with Gasteiger partial charge in [0.05, 0.1) is 12.7 Å². The Morgan fingerprint density at radius 2 is 1.78 bits per heavy atom. The summed E-state index contributed by atoms with van der Waals surface area (Å²) in [6.45, 7) is 0. The zero-order valence-corrected chi connectivity index (χ0v) is 14.4. The lowest BCUT2D eigenvalue weighted by Gasteiger charge is -2.08. The van der Waals surface area contributed by atoms with Gasteiger partial charge in [-0.1, -0.05) is 24.3 Å². The van der Waals surface area contributed by atoms with E-state index in [9.17, 15) is 14.7 Å². The molecular weight excluding hydrogens is 409 g/mol. The zero-order valence-electron chi connectivity index (χ0n) is 12.2. The Balaban J connectivity index is 2.24. The Bertz CT molecular complexity index is 753. The highest BCUT2D eigenvalue weighted by atomic mass is 127. The van der Waals surface area contributed by atoms with Gasteiger partial charge in [-0.15, -0.1) is 0 Å². The number of hydrogen-bond donors (Lipinski definition) is 2. The number of benzene rings is 2. The Morgan fingerprint density at radius 3 is 2.35 bits per heavy atom. The fourth-order valence-corrected chi connectivity index (χ4v) is 2.49. The summed E-state index contributed by atoms with van der Waals surface area (Å²) in [4.78, 5) is 23.6. The number of halogens is 1. The second-order valence-corrected chi connectivity index (χ2v) is 5.73. The predicted molar refractivity (Wildman–Crippen MR) is 95.2 cm³/mol. The minimum atomic E-state index is -1.21. The van der Waals surface area contributed by atoms with Crippen LogP contribution in [0.1, 0.15) is 15.9 Å². The molecule has 0 bridgehead atoms. The monoisotopic (exact) mass is 423 g/mol. The maximum atomic E-state index is 12.2. The summed E-state index contributed by atoms with van der Waals surface area (Å²) in [6, 6.07) is 13.8. The molecule has 0 fully saturated rings. The van der Waals surface area contributed by atoms with Gasteiger partial charge in [0.25, 0.3) is 5.91 Å². The standard InChI is InChI=1S/C17H14INO4/c1-23-12-8-6-11(7-9-12)10-15(17(21)22)19-16(20)13-4-2-3-5-14(13)18/h2-10H,1H3,(H,19,20)(H,21,22)/b15-10+. The number of ether oxygens (including phenoxy) is 1. The molecule has 0 aliphatic rings. The first-order valence-electron chi connectivity index (χ1n) is 6.66. The Labute approximate surface area is 147 Å². The number of methoxy groups -OCH3 is 1. The topological polar surface area (TPSA) is 75.6 Å². The van der Waals surface area contributed by atoms with Crippen molar-refractivity contribution in [1.29, 1.82) is 0 Å². The Kier molecular flexibility index (Phi) is 5.75. The van der Waals surface area contributed by atoms with E-state index in [1.165, 1.54) is 6.08 Å². The van der Waals surface area contributed by atoms with Gasteiger partial charge in [0.2, 0.25) is 0 Å². The van der Waals surface area contributed by atoms with Gasteiger partial charge in [-0.25, -0.2) is 4.79 Å². The average Bonchev–Trinajstić information content (AvgIpc) is 2.55. The summed E-state index contributed by atoms with van der Waals surface area (Å²) < 4.78 is 5.80. The molecule has 1 amide bonds. The largest absolute Gasteiger partial charge is 0.497 e. The van der Waals surface area contributed by atoms with E-state index in [0.29, 0.717) is 16.9 Å².